The molecule has 0 spiro atoms. The number of rotatable bonds is 6. The topological polar surface area (TPSA) is 118 Å². The highest BCUT2D eigenvalue weighted by atomic mass is 16.5. The van der Waals surface area contributed by atoms with Gasteiger partial charge in [0, 0.05) is 11.5 Å². The average Bonchev–Trinajstić information content (AvgIpc) is 3.47. The van der Waals surface area contributed by atoms with Crippen LogP contribution in [0.5, 0.6) is 5.75 Å². The Hall–Kier alpha value is -3.98. The predicted octanol–water partition coefficient (Wildman–Crippen LogP) is 4.26. The molecule has 0 aliphatic carbocycles. The Kier molecular flexibility index (Phi) is 6.09. The molecule has 9 heteroatoms. The van der Waals surface area contributed by atoms with E-state index in [0.717, 1.165) is 18.7 Å². The number of para-hydroxylation sites is 2. The maximum absolute atomic E-state index is 12.6. The van der Waals surface area contributed by atoms with Gasteiger partial charge in [0.2, 0.25) is 11.8 Å². The van der Waals surface area contributed by atoms with E-state index in [2.05, 4.69) is 25.6 Å². The molecule has 3 heterocycles. The third-order valence-corrected chi connectivity index (χ3v) is 6.07. The fraction of sp³-hybridized carbons (Fsp3) is 0.280. The van der Waals surface area contributed by atoms with E-state index in [1.54, 1.807) is 24.3 Å². The van der Waals surface area contributed by atoms with E-state index >= 15 is 0 Å². The molecule has 34 heavy (non-hydrogen) atoms. The van der Waals surface area contributed by atoms with Crippen molar-refractivity contribution in [3.05, 3.63) is 66.2 Å². The van der Waals surface area contributed by atoms with E-state index in [9.17, 15) is 9.90 Å². The van der Waals surface area contributed by atoms with Crippen LogP contribution in [0.2, 0.25) is 0 Å². The van der Waals surface area contributed by atoms with Crippen LogP contribution in [0, 0.1) is 12.8 Å². The molecule has 0 bridgehead atoms. The number of hydrogen-bond donors (Lipinski definition) is 2. The first-order valence-corrected chi connectivity index (χ1v) is 11.2. The molecule has 9 nitrogen and oxygen atoms in total. The van der Waals surface area contributed by atoms with Crippen molar-refractivity contribution >= 4 is 11.6 Å². The summed E-state index contributed by atoms with van der Waals surface area (Å²) in [6, 6.07) is 16.5. The molecule has 0 saturated carbocycles. The maximum atomic E-state index is 12.6. The molecule has 1 aliphatic rings. The number of carbonyl (C=O) groups excluding carboxylic acids is 1. The molecular weight excluding hydrogens is 434 g/mol. The van der Waals surface area contributed by atoms with Crippen molar-refractivity contribution in [2.24, 2.45) is 5.92 Å². The Morgan fingerprint density at radius 2 is 1.82 bits per heavy atom. The number of nitrogens with zero attached hydrogens (tertiary/aromatic N) is 4. The van der Waals surface area contributed by atoms with E-state index in [1.165, 1.54) is 0 Å². The normalized spacial score (nSPS) is 14.9. The van der Waals surface area contributed by atoms with Gasteiger partial charge in [-0.15, -0.1) is 10.2 Å². The molecule has 174 valence electrons. The number of aryl methyl sites for hydroxylation is 1. The Balaban J connectivity index is 1.21. The zero-order valence-electron chi connectivity index (χ0n) is 18.8. The van der Waals surface area contributed by atoms with Crippen molar-refractivity contribution < 1.29 is 18.8 Å². The maximum Gasteiger partial charge on any atom is 0.253 e. The van der Waals surface area contributed by atoms with Crippen molar-refractivity contribution in [1.29, 1.82) is 0 Å². The summed E-state index contributed by atoms with van der Waals surface area (Å²) >= 11 is 0. The summed E-state index contributed by atoms with van der Waals surface area (Å²) in [6.45, 7) is 3.80. The SMILES string of the molecule is Cc1onc(-c2ccccc2)c1-c1nnc(CN2CCC(C(=O)Nc3ccccc3O)CC2)o1. The molecule has 5 rings (SSSR count). The number of benzene rings is 2. The van der Waals surface area contributed by atoms with Crippen LogP contribution >= 0.6 is 0 Å². The van der Waals surface area contributed by atoms with Crippen LogP contribution in [0.15, 0.2) is 63.5 Å². The molecule has 1 fully saturated rings. The summed E-state index contributed by atoms with van der Waals surface area (Å²) in [4.78, 5) is 14.8. The highest BCUT2D eigenvalue weighted by Crippen LogP contribution is 2.33. The summed E-state index contributed by atoms with van der Waals surface area (Å²) in [7, 11) is 0. The first-order chi connectivity index (χ1) is 16.6. The van der Waals surface area contributed by atoms with Crippen LogP contribution in [0.4, 0.5) is 5.69 Å². The van der Waals surface area contributed by atoms with Crippen molar-refractivity contribution in [3.63, 3.8) is 0 Å². The Morgan fingerprint density at radius 3 is 2.59 bits per heavy atom. The van der Waals surface area contributed by atoms with Gasteiger partial charge < -0.3 is 19.4 Å². The van der Waals surface area contributed by atoms with E-state index in [4.69, 9.17) is 8.94 Å². The van der Waals surface area contributed by atoms with E-state index < -0.39 is 0 Å². The van der Waals surface area contributed by atoms with Gasteiger partial charge in [-0.25, -0.2) is 0 Å². The zero-order chi connectivity index (χ0) is 23.5. The summed E-state index contributed by atoms with van der Waals surface area (Å²) < 4.78 is 11.4. The Morgan fingerprint density at radius 1 is 1.09 bits per heavy atom. The highest BCUT2D eigenvalue weighted by molar-refractivity contribution is 5.93. The van der Waals surface area contributed by atoms with Crippen molar-refractivity contribution in [2.45, 2.75) is 26.3 Å². The fourth-order valence-corrected chi connectivity index (χ4v) is 4.19. The van der Waals surface area contributed by atoms with E-state index in [-0.39, 0.29) is 17.6 Å². The minimum absolute atomic E-state index is 0.0685. The molecule has 4 aromatic rings. The van der Waals surface area contributed by atoms with Gasteiger partial charge in [-0.3, -0.25) is 9.69 Å². The van der Waals surface area contributed by atoms with Gasteiger partial charge >= 0.3 is 0 Å². The lowest BCUT2D eigenvalue weighted by atomic mass is 9.96. The molecule has 0 unspecified atom stereocenters. The quantitative estimate of drug-likeness (QED) is 0.411. The second kappa shape index (κ2) is 9.48. The largest absolute Gasteiger partial charge is 0.506 e. The number of aromatic nitrogens is 3. The molecule has 2 N–H and O–H groups in total. The minimum atomic E-state index is -0.109. The second-order valence-electron chi connectivity index (χ2n) is 8.39. The van der Waals surface area contributed by atoms with Crippen LogP contribution in [0.3, 0.4) is 0 Å². The Bertz CT molecular complexity index is 1280. The molecule has 2 aromatic carbocycles. The molecule has 1 saturated heterocycles. The first kappa shape index (κ1) is 21.8. The smallest absolute Gasteiger partial charge is 0.253 e. The second-order valence-corrected chi connectivity index (χ2v) is 8.39. The summed E-state index contributed by atoms with van der Waals surface area (Å²) in [5.41, 5.74) is 2.72. The average molecular weight is 460 g/mol. The molecule has 1 aliphatic heterocycles. The third-order valence-electron chi connectivity index (χ3n) is 6.07. The monoisotopic (exact) mass is 459 g/mol. The third kappa shape index (κ3) is 4.55. The lowest BCUT2D eigenvalue weighted by Crippen LogP contribution is -2.37. The Labute approximate surface area is 196 Å². The number of aromatic hydroxyl groups is 1. The summed E-state index contributed by atoms with van der Waals surface area (Å²) in [5, 5.41) is 25.3. The standard InChI is InChI=1S/C25H25N5O4/c1-16-22(23(29-34-16)17-7-3-2-4-8-17)25-28-27-21(33-25)15-30-13-11-18(12-14-30)24(32)26-19-9-5-6-10-20(19)31/h2-10,18,31H,11-15H2,1H3,(H,26,32). The highest BCUT2D eigenvalue weighted by Gasteiger charge is 2.27. The van der Waals surface area contributed by atoms with Gasteiger partial charge in [0.1, 0.15) is 22.8 Å². The van der Waals surface area contributed by atoms with Gasteiger partial charge in [-0.1, -0.05) is 47.6 Å². The fourth-order valence-electron chi connectivity index (χ4n) is 4.19. The minimum Gasteiger partial charge on any atom is -0.506 e. The number of nitrogens with one attached hydrogen (secondary N) is 1. The van der Waals surface area contributed by atoms with E-state index in [0.29, 0.717) is 53.9 Å². The molecule has 0 atom stereocenters. The van der Waals surface area contributed by atoms with Crippen molar-refractivity contribution in [1.82, 2.24) is 20.3 Å². The molecular formula is C25H25N5O4. The number of likely N-dealkylation sites (tertiary alicyclic amines) is 1. The molecule has 2 aromatic heterocycles. The van der Waals surface area contributed by atoms with Gasteiger partial charge in [0.05, 0.1) is 12.2 Å². The van der Waals surface area contributed by atoms with Crippen LogP contribution in [-0.2, 0) is 11.3 Å². The number of anilines is 1. The van der Waals surface area contributed by atoms with Crippen LogP contribution in [0.1, 0.15) is 24.5 Å². The lowest BCUT2D eigenvalue weighted by molar-refractivity contribution is -0.121. The molecule has 1 amide bonds. The number of carbonyl (C=O) groups is 1. The van der Waals surface area contributed by atoms with Crippen LogP contribution in [0.25, 0.3) is 22.7 Å². The number of phenols is 1. The number of hydrogen-bond acceptors (Lipinski definition) is 8. The zero-order valence-corrected chi connectivity index (χ0v) is 18.8. The summed E-state index contributed by atoms with van der Waals surface area (Å²) in [6.07, 6.45) is 1.42. The van der Waals surface area contributed by atoms with Gasteiger partial charge in [-0.05, 0) is 45.0 Å². The van der Waals surface area contributed by atoms with Crippen molar-refractivity contribution in [3.8, 4) is 28.5 Å². The van der Waals surface area contributed by atoms with Crippen molar-refractivity contribution in [2.75, 3.05) is 18.4 Å². The van der Waals surface area contributed by atoms with Gasteiger partial charge in [-0.2, -0.15) is 0 Å². The number of piperidine rings is 1. The van der Waals surface area contributed by atoms with Crippen LogP contribution < -0.4 is 5.32 Å². The number of amides is 1. The number of phenolic OH excluding ortho intramolecular Hbond substituents is 1. The first-order valence-electron chi connectivity index (χ1n) is 11.2. The van der Waals surface area contributed by atoms with Gasteiger partial charge in [0.15, 0.2) is 0 Å². The lowest BCUT2D eigenvalue weighted by Gasteiger charge is -2.30. The molecule has 0 radical (unpaired) electrons. The van der Waals surface area contributed by atoms with Crippen LogP contribution in [-0.4, -0.2) is 44.4 Å². The summed E-state index contributed by atoms with van der Waals surface area (Å²) in [5.74, 6) is 1.39. The predicted molar refractivity (Wildman–Crippen MR) is 125 cm³/mol. The van der Waals surface area contributed by atoms with Gasteiger partial charge in [0.25, 0.3) is 5.89 Å². The van der Waals surface area contributed by atoms with E-state index in [1.807, 2.05) is 37.3 Å².